The number of carbonyl (C=O) groups excluding carboxylic acids is 1. The van der Waals surface area contributed by atoms with Gasteiger partial charge in [-0.2, -0.15) is 0 Å². The van der Waals surface area contributed by atoms with E-state index in [0.29, 0.717) is 18.2 Å². The lowest BCUT2D eigenvalue weighted by molar-refractivity contribution is -0.127. The first kappa shape index (κ1) is 14.7. The predicted octanol–water partition coefficient (Wildman–Crippen LogP) is 1.56. The molecule has 1 rings (SSSR count). The van der Waals surface area contributed by atoms with Crippen LogP contribution >= 0.6 is 15.9 Å². The summed E-state index contributed by atoms with van der Waals surface area (Å²) >= 11 is 3.41. The van der Waals surface area contributed by atoms with E-state index in [2.05, 4.69) is 36.5 Å². The van der Waals surface area contributed by atoms with Gasteiger partial charge in [-0.15, -0.1) is 0 Å². The zero-order valence-corrected chi connectivity index (χ0v) is 12.4. The van der Waals surface area contributed by atoms with Gasteiger partial charge in [0.25, 0.3) is 0 Å². The van der Waals surface area contributed by atoms with Crippen molar-refractivity contribution < 1.29 is 4.79 Å². The van der Waals surface area contributed by atoms with Crippen LogP contribution < -0.4 is 10.6 Å². The second kappa shape index (κ2) is 7.15. The van der Waals surface area contributed by atoms with E-state index in [1.54, 1.807) is 11.9 Å². The Hall–Kier alpha value is -1.37. The lowest BCUT2D eigenvalue weighted by Gasteiger charge is -2.15. The molecule has 0 aliphatic carbocycles. The summed E-state index contributed by atoms with van der Waals surface area (Å²) in [5.41, 5.74) is 0. The molecule has 0 atom stereocenters. The molecule has 18 heavy (non-hydrogen) atoms. The van der Waals surface area contributed by atoms with E-state index in [-0.39, 0.29) is 12.5 Å². The van der Waals surface area contributed by atoms with Gasteiger partial charge < -0.3 is 15.5 Å². The Labute approximate surface area is 115 Å². The Morgan fingerprint density at radius 1 is 1.33 bits per heavy atom. The molecule has 0 radical (unpaired) electrons. The average molecular weight is 316 g/mol. The molecular formula is C11H18BrN5O. The summed E-state index contributed by atoms with van der Waals surface area (Å²) in [5, 5.41) is 6.10. The molecule has 0 saturated carbocycles. The number of halogens is 1. The van der Waals surface area contributed by atoms with Gasteiger partial charge in [0, 0.05) is 20.1 Å². The van der Waals surface area contributed by atoms with Gasteiger partial charge in [0.1, 0.15) is 22.4 Å². The second-order valence-corrected chi connectivity index (χ2v) is 4.47. The first-order chi connectivity index (χ1) is 8.60. The SMILES string of the molecule is CCNc1ncnc(NCC(=O)N(C)CC)c1Br. The minimum Gasteiger partial charge on any atom is -0.369 e. The van der Waals surface area contributed by atoms with Crippen LogP contribution in [0.4, 0.5) is 11.6 Å². The molecule has 0 spiro atoms. The van der Waals surface area contributed by atoms with E-state index in [1.807, 2.05) is 13.8 Å². The lowest BCUT2D eigenvalue weighted by atomic mass is 10.4. The highest BCUT2D eigenvalue weighted by molar-refractivity contribution is 9.10. The molecule has 0 bridgehead atoms. The van der Waals surface area contributed by atoms with Crippen LogP contribution in [-0.2, 0) is 4.79 Å². The zero-order valence-electron chi connectivity index (χ0n) is 10.8. The predicted molar refractivity (Wildman–Crippen MR) is 75.7 cm³/mol. The number of nitrogens with zero attached hydrogens (tertiary/aromatic N) is 3. The summed E-state index contributed by atoms with van der Waals surface area (Å²) in [6.07, 6.45) is 1.46. The number of rotatable bonds is 6. The molecule has 1 amide bonds. The highest BCUT2D eigenvalue weighted by Gasteiger charge is 2.10. The summed E-state index contributed by atoms with van der Waals surface area (Å²) in [6, 6.07) is 0. The number of nitrogens with one attached hydrogen (secondary N) is 2. The third-order valence-electron chi connectivity index (χ3n) is 2.44. The van der Waals surface area contributed by atoms with Gasteiger partial charge >= 0.3 is 0 Å². The first-order valence-electron chi connectivity index (χ1n) is 5.82. The topological polar surface area (TPSA) is 70.1 Å². The fraction of sp³-hybridized carbons (Fsp3) is 0.545. The van der Waals surface area contributed by atoms with Crippen LogP contribution in [0.2, 0.25) is 0 Å². The number of hydrogen-bond acceptors (Lipinski definition) is 5. The Morgan fingerprint density at radius 3 is 2.50 bits per heavy atom. The van der Waals surface area contributed by atoms with E-state index in [0.717, 1.165) is 11.0 Å². The van der Waals surface area contributed by atoms with Gasteiger partial charge in [0.15, 0.2) is 0 Å². The van der Waals surface area contributed by atoms with Crippen LogP contribution in [0.25, 0.3) is 0 Å². The quantitative estimate of drug-likeness (QED) is 0.833. The van der Waals surface area contributed by atoms with E-state index < -0.39 is 0 Å². The van der Waals surface area contributed by atoms with Crippen molar-refractivity contribution >= 4 is 33.5 Å². The third kappa shape index (κ3) is 3.83. The molecule has 0 aliphatic heterocycles. The maximum atomic E-state index is 11.7. The maximum Gasteiger partial charge on any atom is 0.241 e. The van der Waals surface area contributed by atoms with Crippen molar-refractivity contribution in [2.75, 3.05) is 37.3 Å². The van der Waals surface area contributed by atoms with Gasteiger partial charge in [-0.3, -0.25) is 4.79 Å². The lowest BCUT2D eigenvalue weighted by Crippen LogP contribution is -2.32. The minimum atomic E-state index is 0.0213. The van der Waals surface area contributed by atoms with Crippen molar-refractivity contribution in [3.8, 4) is 0 Å². The van der Waals surface area contributed by atoms with Crippen molar-refractivity contribution in [1.82, 2.24) is 14.9 Å². The first-order valence-corrected chi connectivity index (χ1v) is 6.61. The Morgan fingerprint density at radius 2 is 1.94 bits per heavy atom. The van der Waals surface area contributed by atoms with E-state index in [1.165, 1.54) is 6.33 Å². The highest BCUT2D eigenvalue weighted by Crippen LogP contribution is 2.25. The highest BCUT2D eigenvalue weighted by atomic mass is 79.9. The normalized spacial score (nSPS) is 10.0. The molecule has 2 N–H and O–H groups in total. The molecular weight excluding hydrogens is 298 g/mol. The van der Waals surface area contributed by atoms with Crippen LogP contribution in [0.1, 0.15) is 13.8 Å². The molecule has 0 aliphatic rings. The number of hydrogen-bond donors (Lipinski definition) is 2. The van der Waals surface area contributed by atoms with Crippen LogP contribution in [0.3, 0.4) is 0 Å². The van der Waals surface area contributed by atoms with E-state index >= 15 is 0 Å². The van der Waals surface area contributed by atoms with Gasteiger partial charge in [0.05, 0.1) is 6.54 Å². The van der Waals surface area contributed by atoms with Gasteiger partial charge in [-0.05, 0) is 29.8 Å². The van der Waals surface area contributed by atoms with Crippen LogP contribution in [0.15, 0.2) is 10.8 Å². The summed E-state index contributed by atoms with van der Waals surface area (Å²) < 4.78 is 0.735. The van der Waals surface area contributed by atoms with Crippen molar-refractivity contribution in [2.24, 2.45) is 0 Å². The second-order valence-electron chi connectivity index (χ2n) is 3.68. The van der Waals surface area contributed by atoms with Crippen LogP contribution in [0.5, 0.6) is 0 Å². The van der Waals surface area contributed by atoms with Crippen molar-refractivity contribution in [1.29, 1.82) is 0 Å². The summed E-state index contributed by atoms with van der Waals surface area (Å²) in [6.45, 7) is 5.59. The Kier molecular flexibility index (Phi) is 5.84. The van der Waals surface area contributed by atoms with E-state index in [9.17, 15) is 4.79 Å². The largest absolute Gasteiger partial charge is 0.369 e. The molecule has 6 nitrogen and oxygen atoms in total. The van der Waals surface area contributed by atoms with Crippen molar-refractivity contribution in [2.45, 2.75) is 13.8 Å². The number of amides is 1. The Balaban J connectivity index is 2.68. The molecule has 0 fully saturated rings. The molecule has 0 saturated heterocycles. The maximum absolute atomic E-state index is 11.7. The summed E-state index contributed by atoms with van der Waals surface area (Å²) in [4.78, 5) is 21.5. The molecule has 1 aromatic heterocycles. The number of carbonyl (C=O) groups is 1. The van der Waals surface area contributed by atoms with E-state index in [4.69, 9.17) is 0 Å². The zero-order chi connectivity index (χ0) is 13.5. The van der Waals surface area contributed by atoms with Crippen LogP contribution in [0, 0.1) is 0 Å². The number of anilines is 2. The molecule has 1 heterocycles. The molecule has 100 valence electrons. The van der Waals surface area contributed by atoms with Crippen molar-refractivity contribution in [3.05, 3.63) is 10.8 Å². The summed E-state index contributed by atoms with van der Waals surface area (Å²) in [7, 11) is 1.77. The van der Waals surface area contributed by atoms with Gasteiger partial charge in [-0.25, -0.2) is 9.97 Å². The standard InChI is InChI=1S/C11H18BrN5O/c1-4-13-10-9(12)11(16-7-15-10)14-6-8(18)17(3)5-2/h7H,4-6H2,1-3H3,(H2,13,14,15,16). The monoisotopic (exact) mass is 315 g/mol. The molecule has 0 aromatic carbocycles. The third-order valence-corrected chi connectivity index (χ3v) is 3.19. The fourth-order valence-corrected chi connectivity index (χ4v) is 1.74. The van der Waals surface area contributed by atoms with Crippen LogP contribution in [-0.4, -0.2) is 47.5 Å². The Bertz CT molecular complexity index is 412. The molecule has 7 heteroatoms. The smallest absolute Gasteiger partial charge is 0.241 e. The fourth-order valence-electron chi connectivity index (χ4n) is 1.25. The minimum absolute atomic E-state index is 0.0213. The number of likely N-dealkylation sites (N-methyl/N-ethyl adjacent to an activating group) is 1. The van der Waals surface area contributed by atoms with Gasteiger partial charge in [-0.1, -0.05) is 0 Å². The molecule has 0 unspecified atom stereocenters. The van der Waals surface area contributed by atoms with Gasteiger partial charge in [0.2, 0.25) is 5.91 Å². The summed E-state index contributed by atoms with van der Waals surface area (Å²) in [5.74, 6) is 1.35. The molecule has 1 aromatic rings. The van der Waals surface area contributed by atoms with Crippen molar-refractivity contribution in [3.63, 3.8) is 0 Å². The number of aromatic nitrogens is 2. The average Bonchev–Trinajstić information content (AvgIpc) is 2.38.